The van der Waals surface area contributed by atoms with Gasteiger partial charge in [-0.25, -0.2) is 0 Å². The van der Waals surface area contributed by atoms with E-state index in [0.29, 0.717) is 76.6 Å². The van der Waals surface area contributed by atoms with E-state index in [0.717, 1.165) is 30.7 Å². The summed E-state index contributed by atoms with van der Waals surface area (Å²) in [6.07, 6.45) is 3.54. The van der Waals surface area contributed by atoms with Gasteiger partial charge in [0.05, 0.1) is 46.2 Å². The van der Waals surface area contributed by atoms with Crippen LogP contribution in [-0.4, -0.2) is 83.5 Å². The van der Waals surface area contributed by atoms with E-state index in [9.17, 15) is 10.1 Å². The molecule has 0 aromatic heterocycles. The molecule has 0 radical (unpaired) electrons. The van der Waals surface area contributed by atoms with Crippen LogP contribution in [0.1, 0.15) is 64.2 Å². The summed E-state index contributed by atoms with van der Waals surface area (Å²) in [7, 11) is 0. The third kappa shape index (κ3) is 19.2. The number of nitriles is 1. The number of hydrogen-bond acceptors (Lipinski definition) is 9. The number of ether oxygens (including phenoxy) is 6. The molecule has 0 heterocycles. The fourth-order valence-corrected chi connectivity index (χ4v) is 3.86. The summed E-state index contributed by atoms with van der Waals surface area (Å²) in [5.41, 5.74) is 0.475. The fourth-order valence-electron chi connectivity index (χ4n) is 3.41. The standard InChI is InChI=1S/C30H50N2O7S/c1-25(2)9-6-7-13-34-15-17-36-18-16-35-14-12-32-29(33)27-10-8-11-28(21-27)38-23-30(5,40-24-31)39-20-19-37-22-26(3)4/h8,10-11,21,25-26H,6-7,9,12-20,22-23H2,1-5H3,(H,32,33). The van der Waals surface area contributed by atoms with Crippen molar-refractivity contribution in [2.24, 2.45) is 11.8 Å². The van der Waals surface area contributed by atoms with Gasteiger partial charge in [-0.1, -0.05) is 46.6 Å². The maximum atomic E-state index is 12.5. The number of nitrogens with zero attached hydrogens (tertiary/aromatic N) is 1. The number of hydrogen-bond donors (Lipinski definition) is 1. The molecule has 0 aliphatic rings. The minimum Gasteiger partial charge on any atom is -0.490 e. The fraction of sp³-hybridized carbons (Fsp3) is 0.733. The van der Waals surface area contributed by atoms with E-state index in [2.05, 4.69) is 38.4 Å². The Labute approximate surface area is 245 Å². The first-order chi connectivity index (χ1) is 19.3. The molecule has 1 aromatic carbocycles. The summed E-state index contributed by atoms with van der Waals surface area (Å²) in [5.74, 6) is 1.50. The number of carbonyl (C=O) groups is 1. The van der Waals surface area contributed by atoms with Gasteiger partial charge in [-0.15, -0.1) is 0 Å². The first kappa shape index (κ1) is 36.2. The zero-order valence-electron chi connectivity index (χ0n) is 25.1. The van der Waals surface area contributed by atoms with Gasteiger partial charge >= 0.3 is 0 Å². The lowest BCUT2D eigenvalue weighted by molar-refractivity contribution is -0.0278. The number of unbranched alkanes of at least 4 members (excludes halogenated alkanes) is 1. The van der Waals surface area contributed by atoms with Crippen molar-refractivity contribution in [2.75, 3.05) is 72.6 Å². The van der Waals surface area contributed by atoms with Crippen molar-refractivity contribution >= 4 is 17.7 Å². The van der Waals surface area contributed by atoms with Crippen molar-refractivity contribution in [1.82, 2.24) is 5.32 Å². The molecule has 0 aliphatic heterocycles. The first-order valence-corrected chi connectivity index (χ1v) is 15.1. The molecule has 1 unspecified atom stereocenters. The molecular formula is C30H50N2O7S. The van der Waals surface area contributed by atoms with Crippen LogP contribution in [0, 0.1) is 22.5 Å². The Balaban J connectivity index is 2.21. The van der Waals surface area contributed by atoms with Gasteiger partial charge in [-0.3, -0.25) is 4.79 Å². The van der Waals surface area contributed by atoms with E-state index >= 15 is 0 Å². The highest BCUT2D eigenvalue weighted by Crippen LogP contribution is 2.27. The minimum absolute atomic E-state index is 0.140. The highest BCUT2D eigenvalue weighted by Gasteiger charge is 2.28. The lowest BCUT2D eigenvalue weighted by Gasteiger charge is -2.26. The third-order valence-corrected chi connectivity index (χ3v) is 6.30. The zero-order chi connectivity index (χ0) is 29.5. The topological polar surface area (TPSA) is 108 Å². The second kappa shape index (κ2) is 22.8. The first-order valence-electron chi connectivity index (χ1n) is 14.3. The number of rotatable bonds is 25. The molecule has 1 aromatic rings. The Bertz CT molecular complexity index is 835. The van der Waals surface area contributed by atoms with Gasteiger partial charge in [0.1, 0.15) is 17.8 Å². The molecule has 0 spiro atoms. The van der Waals surface area contributed by atoms with Crippen LogP contribution in [0.4, 0.5) is 0 Å². The highest BCUT2D eigenvalue weighted by atomic mass is 32.2. The van der Waals surface area contributed by atoms with Crippen LogP contribution >= 0.6 is 11.8 Å². The molecule has 0 saturated heterocycles. The second-order valence-electron chi connectivity index (χ2n) is 10.4. The van der Waals surface area contributed by atoms with Crippen LogP contribution in [0.2, 0.25) is 0 Å². The Hall–Kier alpha value is -1.87. The molecule has 1 amide bonds. The summed E-state index contributed by atoms with van der Waals surface area (Å²) in [6.45, 7) is 15.7. The minimum atomic E-state index is -0.866. The van der Waals surface area contributed by atoms with Crippen LogP contribution < -0.4 is 10.1 Å². The van der Waals surface area contributed by atoms with Gasteiger partial charge in [0, 0.05) is 25.3 Å². The van der Waals surface area contributed by atoms with Crippen LogP contribution in [0.25, 0.3) is 0 Å². The van der Waals surface area contributed by atoms with Crippen molar-refractivity contribution in [3.63, 3.8) is 0 Å². The Morgan fingerprint density at radius 1 is 0.925 bits per heavy atom. The van der Waals surface area contributed by atoms with Crippen molar-refractivity contribution < 1.29 is 33.2 Å². The number of thiocyanates is 1. The Kier molecular flexibility index (Phi) is 20.6. The molecule has 1 rings (SSSR count). The maximum absolute atomic E-state index is 12.5. The van der Waals surface area contributed by atoms with E-state index in [4.69, 9.17) is 28.4 Å². The molecule has 0 fully saturated rings. The van der Waals surface area contributed by atoms with Crippen molar-refractivity contribution in [3.8, 4) is 11.2 Å². The largest absolute Gasteiger partial charge is 0.490 e. The summed E-state index contributed by atoms with van der Waals surface area (Å²) in [6, 6.07) is 6.90. The summed E-state index contributed by atoms with van der Waals surface area (Å²) < 4.78 is 33.9. The molecule has 40 heavy (non-hydrogen) atoms. The number of carbonyl (C=O) groups excluding carboxylic acids is 1. The number of thioether (sulfide) groups is 1. The summed E-state index contributed by atoms with van der Waals surface area (Å²) in [4.78, 5) is 11.7. The molecule has 228 valence electrons. The normalized spacial score (nSPS) is 12.8. The van der Waals surface area contributed by atoms with E-state index in [1.807, 2.05) is 0 Å². The van der Waals surface area contributed by atoms with Gasteiger partial charge in [-0.2, -0.15) is 5.26 Å². The van der Waals surface area contributed by atoms with Crippen molar-refractivity contribution in [1.29, 1.82) is 5.26 Å². The van der Waals surface area contributed by atoms with Gasteiger partial charge in [-0.05, 0) is 55.1 Å². The van der Waals surface area contributed by atoms with Crippen molar-refractivity contribution in [3.05, 3.63) is 29.8 Å². The van der Waals surface area contributed by atoms with Crippen molar-refractivity contribution in [2.45, 2.75) is 58.8 Å². The highest BCUT2D eigenvalue weighted by molar-refractivity contribution is 8.04. The average Bonchev–Trinajstić information content (AvgIpc) is 2.92. The molecule has 9 nitrogen and oxygen atoms in total. The monoisotopic (exact) mass is 582 g/mol. The molecule has 0 aliphatic carbocycles. The average molecular weight is 583 g/mol. The smallest absolute Gasteiger partial charge is 0.251 e. The molecular weight excluding hydrogens is 532 g/mol. The van der Waals surface area contributed by atoms with Crippen LogP contribution in [0.5, 0.6) is 5.75 Å². The number of amides is 1. The quantitative estimate of drug-likeness (QED) is 0.0934. The second-order valence-corrected chi connectivity index (χ2v) is 11.7. The number of nitrogens with one attached hydrogen (secondary N) is 1. The molecule has 0 bridgehead atoms. The summed E-state index contributed by atoms with van der Waals surface area (Å²) >= 11 is 0.994. The zero-order valence-corrected chi connectivity index (χ0v) is 25.9. The van der Waals surface area contributed by atoms with E-state index in [1.165, 1.54) is 12.8 Å². The SMILES string of the molecule is CC(C)CCCCOCCOCCOCCNC(=O)c1cccc(OCC(C)(OCCOCC(C)C)SC#N)c1. The number of benzene rings is 1. The Morgan fingerprint density at radius 2 is 1.60 bits per heavy atom. The third-order valence-electron chi connectivity index (χ3n) is 5.54. The Morgan fingerprint density at radius 3 is 2.27 bits per heavy atom. The van der Waals surface area contributed by atoms with E-state index in [-0.39, 0.29) is 12.5 Å². The van der Waals surface area contributed by atoms with Gasteiger partial charge in [0.25, 0.3) is 5.91 Å². The lowest BCUT2D eigenvalue weighted by atomic mass is 10.1. The molecule has 0 saturated carbocycles. The molecule has 1 atom stereocenters. The van der Waals surface area contributed by atoms with Gasteiger partial charge in [0.15, 0.2) is 4.93 Å². The predicted molar refractivity (Wildman–Crippen MR) is 159 cm³/mol. The molecule has 1 N–H and O–H groups in total. The predicted octanol–water partition coefficient (Wildman–Crippen LogP) is 5.29. The van der Waals surface area contributed by atoms with Crippen LogP contribution in [-0.2, 0) is 23.7 Å². The van der Waals surface area contributed by atoms with E-state index in [1.54, 1.807) is 31.2 Å². The summed E-state index contributed by atoms with van der Waals surface area (Å²) in [5, 5.41) is 14.1. The lowest BCUT2D eigenvalue weighted by Crippen LogP contribution is -2.33. The van der Waals surface area contributed by atoms with E-state index < -0.39 is 4.93 Å². The van der Waals surface area contributed by atoms with Crippen LogP contribution in [0.15, 0.2) is 24.3 Å². The van der Waals surface area contributed by atoms with Gasteiger partial charge < -0.3 is 33.7 Å². The maximum Gasteiger partial charge on any atom is 0.251 e. The molecule has 10 heteroatoms. The van der Waals surface area contributed by atoms with Crippen LogP contribution in [0.3, 0.4) is 0 Å². The van der Waals surface area contributed by atoms with Gasteiger partial charge in [0.2, 0.25) is 0 Å².